The second-order valence-corrected chi connectivity index (χ2v) is 4.39. The number of hydrogen-bond donors (Lipinski definition) is 2. The van der Waals surface area contributed by atoms with Crippen LogP contribution in [0.2, 0.25) is 0 Å². The van der Waals surface area contributed by atoms with Crippen molar-refractivity contribution >= 4 is 5.91 Å². The number of benzene rings is 1. The summed E-state index contributed by atoms with van der Waals surface area (Å²) in [5, 5.41) is 2.81. The smallest absolute Gasteiger partial charge is 0.257 e. The van der Waals surface area contributed by atoms with E-state index in [0.29, 0.717) is 25.4 Å². The van der Waals surface area contributed by atoms with Crippen molar-refractivity contribution in [3.05, 3.63) is 24.3 Å². The number of unbranched alkanes of at least 4 members (excludes halogenated alkanes) is 2. The van der Waals surface area contributed by atoms with E-state index in [1.54, 1.807) is 12.1 Å². The SMILES string of the molecule is CCOc1ccc(OCC(=O)NCCCCCN)cc1. The van der Waals surface area contributed by atoms with E-state index in [1.165, 1.54) is 0 Å². The Hall–Kier alpha value is -1.75. The van der Waals surface area contributed by atoms with Gasteiger partial charge in [-0.25, -0.2) is 0 Å². The van der Waals surface area contributed by atoms with Crippen molar-refractivity contribution in [3.8, 4) is 11.5 Å². The van der Waals surface area contributed by atoms with E-state index in [0.717, 1.165) is 25.0 Å². The Kier molecular flexibility index (Phi) is 8.22. The fourth-order valence-electron chi connectivity index (χ4n) is 1.67. The van der Waals surface area contributed by atoms with Crippen LogP contribution in [0.5, 0.6) is 11.5 Å². The van der Waals surface area contributed by atoms with Crippen LogP contribution in [0, 0.1) is 0 Å². The van der Waals surface area contributed by atoms with E-state index in [2.05, 4.69) is 5.32 Å². The summed E-state index contributed by atoms with van der Waals surface area (Å²) in [7, 11) is 0. The zero-order valence-electron chi connectivity index (χ0n) is 12.1. The molecule has 112 valence electrons. The largest absolute Gasteiger partial charge is 0.494 e. The number of nitrogens with two attached hydrogens (primary N) is 1. The predicted octanol–water partition coefficient (Wildman–Crippen LogP) is 1.71. The Labute approximate surface area is 120 Å². The molecule has 0 aliphatic carbocycles. The summed E-state index contributed by atoms with van der Waals surface area (Å²) in [5.74, 6) is 1.35. The zero-order chi connectivity index (χ0) is 14.6. The van der Waals surface area contributed by atoms with Gasteiger partial charge in [0.25, 0.3) is 5.91 Å². The van der Waals surface area contributed by atoms with Gasteiger partial charge in [-0.05, 0) is 50.6 Å². The summed E-state index contributed by atoms with van der Waals surface area (Å²) in [6, 6.07) is 7.23. The van der Waals surface area contributed by atoms with Gasteiger partial charge in [-0.1, -0.05) is 6.42 Å². The second kappa shape index (κ2) is 10.1. The number of rotatable bonds is 10. The third-order valence-corrected chi connectivity index (χ3v) is 2.71. The maximum absolute atomic E-state index is 11.5. The highest BCUT2D eigenvalue weighted by Gasteiger charge is 2.02. The molecule has 3 N–H and O–H groups in total. The van der Waals surface area contributed by atoms with E-state index in [9.17, 15) is 4.79 Å². The summed E-state index contributed by atoms with van der Waals surface area (Å²) in [5.41, 5.74) is 5.40. The molecule has 20 heavy (non-hydrogen) atoms. The van der Waals surface area contributed by atoms with E-state index < -0.39 is 0 Å². The van der Waals surface area contributed by atoms with Crippen LogP contribution in [-0.2, 0) is 4.79 Å². The molecule has 0 fully saturated rings. The second-order valence-electron chi connectivity index (χ2n) is 4.39. The van der Waals surface area contributed by atoms with Crippen molar-refractivity contribution in [2.24, 2.45) is 5.73 Å². The van der Waals surface area contributed by atoms with Gasteiger partial charge < -0.3 is 20.5 Å². The van der Waals surface area contributed by atoms with Crippen molar-refractivity contribution in [1.29, 1.82) is 0 Å². The minimum atomic E-state index is -0.105. The lowest BCUT2D eigenvalue weighted by atomic mass is 10.2. The molecular formula is C15H24N2O3. The van der Waals surface area contributed by atoms with Crippen LogP contribution in [-0.4, -0.2) is 32.2 Å². The molecule has 1 rings (SSSR count). The first-order chi connectivity index (χ1) is 9.76. The van der Waals surface area contributed by atoms with Crippen LogP contribution in [0.15, 0.2) is 24.3 Å². The minimum Gasteiger partial charge on any atom is -0.494 e. The van der Waals surface area contributed by atoms with Crippen molar-refractivity contribution in [2.45, 2.75) is 26.2 Å². The van der Waals surface area contributed by atoms with E-state index >= 15 is 0 Å². The molecule has 1 aromatic rings. The topological polar surface area (TPSA) is 73.6 Å². The number of nitrogens with one attached hydrogen (secondary N) is 1. The predicted molar refractivity (Wildman–Crippen MR) is 79.0 cm³/mol. The minimum absolute atomic E-state index is 0.0326. The fourth-order valence-corrected chi connectivity index (χ4v) is 1.67. The Bertz CT molecular complexity index is 379. The molecule has 0 saturated heterocycles. The average Bonchev–Trinajstić information content (AvgIpc) is 2.47. The fraction of sp³-hybridized carbons (Fsp3) is 0.533. The zero-order valence-corrected chi connectivity index (χ0v) is 12.1. The van der Waals surface area contributed by atoms with Crippen molar-refractivity contribution in [3.63, 3.8) is 0 Å². The maximum Gasteiger partial charge on any atom is 0.257 e. The first-order valence-corrected chi connectivity index (χ1v) is 7.08. The molecule has 0 spiro atoms. The van der Waals surface area contributed by atoms with Crippen LogP contribution in [0.25, 0.3) is 0 Å². The number of ether oxygens (including phenoxy) is 2. The lowest BCUT2D eigenvalue weighted by Crippen LogP contribution is -2.29. The van der Waals surface area contributed by atoms with E-state index in [4.69, 9.17) is 15.2 Å². The molecule has 0 aromatic heterocycles. The monoisotopic (exact) mass is 280 g/mol. The van der Waals surface area contributed by atoms with Crippen LogP contribution in [0.1, 0.15) is 26.2 Å². The highest BCUT2D eigenvalue weighted by atomic mass is 16.5. The standard InChI is InChI=1S/C15H24N2O3/c1-2-19-13-6-8-14(9-7-13)20-12-15(18)17-11-5-3-4-10-16/h6-9H,2-5,10-12,16H2,1H3,(H,17,18). The quantitative estimate of drug-likeness (QED) is 0.640. The maximum atomic E-state index is 11.5. The first kappa shape index (κ1) is 16.3. The van der Waals surface area contributed by atoms with Gasteiger partial charge in [0.05, 0.1) is 6.61 Å². The number of carbonyl (C=O) groups is 1. The van der Waals surface area contributed by atoms with Crippen molar-refractivity contribution in [1.82, 2.24) is 5.32 Å². The van der Waals surface area contributed by atoms with Gasteiger partial charge in [-0.2, -0.15) is 0 Å². The highest BCUT2D eigenvalue weighted by molar-refractivity contribution is 5.77. The lowest BCUT2D eigenvalue weighted by molar-refractivity contribution is -0.123. The summed E-state index contributed by atoms with van der Waals surface area (Å²) < 4.78 is 10.7. The Morgan fingerprint density at radius 2 is 1.75 bits per heavy atom. The average molecular weight is 280 g/mol. The highest BCUT2D eigenvalue weighted by Crippen LogP contribution is 2.17. The van der Waals surface area contributed by atoms with Crippen molar-refractivity contribution in [2.75, 3.05) is 26.3 Å². The summed E-state index contributed by atoms with van der Waals surface area (Å²) in [4.78, 5) is 11.5. The van der Waals surface area contributed by atoms with Gasteiger partial charge >= 0.3 is 0 Å². The molecular weight excluding hydrogens is 256 g/mol. The Morgan fingerprint density at radius 3 is 2.35 bits per heavy atom. The van der Waals surface area contributed by atoms with E-state index in [1.807, 2.05) is 19.1 Å². The number of amides is 1. The Balaban J connectivity index is 2.16. The van der Waals surface area contributed by atoms with Gasteiger partial charge in [0.1, 0.15) is 11.5 Å². The molecule has 0 aliphatic heterocycles. The summed E-state index contributed by atoms with van der Waals surface area (Å²) in [6.07, 6.45) is 2.99. The molecule has 0 bridgehead atoms. The molecule has 1 aromatic carbocycles. The molecule has 0 unspecified atom stereocenters. The van der Waals surface area contributed by atoms with Gasteiger partial charge in [-0.15, -0.1) is 0 Å². The number of carbonyl (C=O) groups excluding carboxylic acids is 1. The van der Waals surface area contributed by atoms with Gasteiger partial charge in [0, 0.05) is 6.54 Å². The molecule has 5 nitrogen and oxygen atoms in total. The summed E-state index contributed by atoms with van der Waals surface area (Å²) in [6.45, 7) is 3.97. The Morgan fingerprint density at radius 1 is 1.10 bits per heavy atom. The molecule has 0 heterocycles. The third kappa shape index (κ3) is 6.99. The van der Waals surface area contributed by atoms with Gasteiger partial charge in [0.2, 0.25) is 0 Å². The van der Waals surface area contributed by atoms with Crippen LogP contribution < -0.4 is 20.5 Å². The van der Waals surface area contributed by atoms with E-state index in [-0.39, 0.29) is 12.5 Å². The third-order valence-electron chi connectivity index (χ3n) is 2.71. The molecule has 0 radical (unpaired) electrons. The molecule has 1 amide bonds. The summed E-state index contributed by atoms with van der Waals surface area (Å²) >= 11 is 0. The molecule has 0 atom stereocenters. The molecule has 0 aliphatic rings. The normalized spacial score (nSPS) is 10.1. The van der Waals surface area contributed by atoms with Crippen LogP contribution >= 0.6 is 0 Å². The lowest BCUT2D eigenvalue weighted by Gasteiger charge is -2.08. The molecule has 5 heteroatoms. The number of hydrogen-bond acceptors (Lipinski definition) is 4. The van der Waals surface area contributed by atoms with Gasteiger partial charge in [-0.3, -0.25) is 4.79 Å². The van der Waals surface area contributed by atoms with Gasteiger partial charge in [0.15, 0.2) is 6.61 Å². The van der Waals surface area contributed by atoms with Crippen molar-refractivity contribution < 1.29 is 14.3 Å². The first-order valence-electron chi connectivity index (χ1n) is 7.08. The molecule has 0 saturated carbocycles. The van der Waals surface area contributed by atoms with Crippen LogP contribution in [0.3, 0.4) is 0 Å². The van der Waals surface area contributed by atoms with Crippen LogP contribution in [0.4, 0.5) is 0 Å².